The van der Waals surface area contributed by atoms with Crippen molar-refractivity contribution in [3.8, 4) is 0 Å². The van der Waals surface area contributed by atoms with Crippen molar-refractivity contribution >= 4 is 0 Å². The molecule has 1 aliphatic heterocycles. The van der Waals surface area contributed by atoms with Crippen LogP contribution in [0.1, 0.15) is 24.8 Å². The highest BCUT2D eigenvalue weighted by atomic mass is 19.4. The minimum atomic E-state index is -4.08. The first-order chi connectivity index (χ1) is 9.94. The molecular formula is C16H23F3N2. The maximum absolute atomic E-state index is 12.3. The quantitative estimate of drug-likeness (QED) is 0.867. The van der Waals surface area contributed by atoms with Crippen LogP contribution in [0.3, 0.4) is 0 Å². The topological polar surface area (TPSA) is 15.3 Å². The van der Waals surface area contributed by atoms with E-state index < -0.39 is 12.7 Å². The third kappa shape index (κ3) is 5.67. The Hall–Kier alpha value is -1.07. The molecule has 0 spiro atoms. The van der Waals surface area contributed by atoms with Crippen molar-refractivity contribution in [1.29, 1.82) is 0 Å². The molecule has 0 saturated carbocycles. The van der Waals surface area contributed by atoms with Gasteiger partial charge < -0.3 is 5.32 Å². The minimum absolute atomic E-state index is 0.329. The molecule has 1 aliphatic rings. The Labute approximate surface area is 124 Å². The van der Waals surface area contributed by atoms with Gasteiger partial charge in [0.1, 0.15) is 0 Å². The summed E-state index contributed by atoms with van der Waals surface area (Å²) < 4.78 is 37.0. The highest BCUT2D eigenvalue weighted by Gasteiger charge is 2.34. The van der Waals surface area contributed by atoms with Crippen LogP contribution >= 0.6 is 0 Å². The number of likely N-dealkylation sites (tertiary alicyclic amines) is 1. The maximum atomic E-state index is 12.3. The summed E-state index contributed by atoms with van der Waals surface area (Å²) in [6.07, 6.45) is -3.23. The van der Waals surface area contributed by atoms with Gasteiger partial charge in [-0.1, -0.05) is 37.3 Å². The van der Waals surface area contributed by atoms with Crippen molar-refractivity contribution in [3.63, 3.8) is 0 Å². The van der Waals surface area contributed by atoms with Crippen molar-refractivity contribution in [1.82, 2.24) is 10.2 Å². The molecule has 2 unspecified atom stereocenters. The lowest BCUT2D eigenvalue weighted by Crippen LogP contribution is -2.34. The van der Waals surface area contributed by atoms with Crippen molar-refractivity contribution in [2.45, 2.75) is 25.4 Å². The lowest BCUT2D eigenvalue weighted by atomic mass is 10.0. The lowest BCUT2D eigenvalue weighted by molar-refractivity contribution is -0.143. The SMILES string of the molecule is CC(CNCC1CCN(CC(F)(F)F)C1)c1ccccc1. The zero-order valence-corrected chi connectivity index (χ0v) is 12.4. The van der Waals surface area contributed by atoms with Gasteiger partial charge in [-0.15, -0.1) is 0 Å². The Morgan fingerprint density at radius 1 is 1.29 bits per heavy atom. The third-order valence-corrected chi connectivity index (χ3v) is 4.03. The summed E-state index contributed by atoms with van der Waals surface area (Å²) in [6, 6.07) is 10.3. The number of nitrogens with zero attached hydrogens (tertiary/aromatic N) is 1. The maximum Gasteiger partial charge on any atom is 0.401 e. The molecule has 0 aliphatic carbocycles. The zero-order valence-electron chi connectivity index (χ0n) is 12.4. The molecular weight excluding hydrogens is 277 g/mol. The van der Waals surface area contributed by atoms with Gasteiger partial charge in [-0.05, 0) is 36.9 Å². The second kappa shape index (κ2) is 7.27. The van der Waals surface area contributed by atoms with E-state index in [9.17, 15) is 13.2 Å². The molecule has 1 saturated heterocycles. The Balaban J connectivity index is 1.66. The van der Waals surface area contributed by atoms with E-state index in [1.165, 1.54) is 10.5 Å². The molecule has 2 atom stereocenters. The summed E-state index contributed by atoms with van der Waals surface area (Å²) in [5.41, 5.74) is 1.29. The van der Waals surface area contributed by atoms with Gasteiger partial charge in [0.25, 0.3) is 0 Å². The van der Waals surface area contributed by atoms with Gasteiger partial charge in [-0.2, -0.15) is 13.2 Å². The molecule has 0 bridgehead atoms. The first-order valence-electron chi connectivity index (χ1n) is 7.49. The molecule has 0 radical (unpaired) electrons. The first-order valence-corrected chi connectivity index (χ1v) is 7.49. The third-order valence-electron chi connectivity index (χ3n) is 4.03. The summed E-state index contributed by atoms with van der Waals surface area (Å²) >= 11 is 0. The van der Waals surface area contributed by atoms with Crippen LogP contribution in [0.5, 0.6) is 0 Å². The number of rotatable bonds is 6. The first kappa shape index (κ1) is 16.3. The van der Waals surface area contributed by atoms with Gasteiger partial charge in [-0.25, -0.2) is 0 Å². The van der Waals surface area contributed by atoms with Gasteiger partial charge in [0.15, 0.2) is 0 Å². The summed E-state index contributed by atoms with van der Waals surface area (Å²) in [4.78, 5) is 1.51. The highest BCUT2D eigenvalue weighted by molar-refractivity contribution is 5.18. The van der Waals surface area contributed by atoms with Gasteiger partial charge >= 0.3 is 6.18 Å². The molecule has 5 heteroatoms. The van der Waals surface area contributed by atoms with Crippen molar-refractivity contribution in [2.75, 3.05) is 32.7 Å². The predicted molar refractivity (Wildman–Crippen MR) is 78.3 cm³/mol. The normalized spacial score (nSPS) is 21.6. The van der Waals surface area contributed by atoms with Crippen LogP contribution in [0.4, 0.5) is 13.2 Å². The van der Waals surface area contributed by atoms with E-state index in [2.05, 4.69) is 24.4 Å². The molecule has 118 valence electrons. The summed E-state index contributed by atoms with van der Waals surface area (Å²) in [5, 5.41) is 3.40. The fraction of sp³-hybridized carbons (Fsp3) is 0.625. The van der Waals surface area contributed by atoms with E-state index in [0.29, 0.717) is 24.9 Å². The largest absolute Gasteiger partial charge is 0.401 e. The molecule has 1 heterocycles. The molecule has 0 amide bonds. The standard InChI is InChI=1S/C16H23F3N2/c1-13(15-5-3-2-4-6-15)9-20-10-14-7-8-21(11-14)12-16(17,18)19/h2-6,13-14,20H,7-12H2,1H3. The summed E-state index contributed by atoms with van der Waals surface area (Å²) in [7, 11) is 0. The Morgan fingerprint density at radius 2 is 2.00 bits per heavy atom. The van der Waals surface area contributed by atoms with Crippen molar-refractivity contribution in [3.05, 3.63) is 35.9 Å². The van der Waals surface area contributed by atoms with Gasteiger partial charge in [0.05, 0.1) is 6.54 Å². The Bertz CT molecular complexity index is 419. The van der Waals surface area contributed by atoms with Crippen LogP contribution in [0.15, 0.2) is 30.3 Å². The molecule has 1 N–H and O–H groups in total. The Kier molecular flexibility index (Phi) is 5.65. The second-order valence-electron chi connectivity index (χ2n) is 5.97. The fourth-order valence-electron chi connectivity index (χ4n) is 2.88. The number of nitrogens with one attached hydrogen (secondary N) is 1. The number of alkyl halides is 3. The van der Waals surface area contributed by atoms with E-state index in [1.807, 2.05) is 18.2 Å². The monoisotopic (exact) mass is 300 g/mol. The van der Waals surface area contributed by atoms with E-state index in [-0.39, 0.29) is 0 Å². The second-order valence-corrected chi connectivity index (χ2v) is 5.97. The molecule has 2 rings (SSSR count). The van der Waals surface area contributed by atoms with Crippen LogP contribution in [0.2, 0.25) is 0 Å². The molecule has 1 aromatic carbocycles. The highest BCUT2D eigenvalue weighted by Crippen LogP contribution is 2.22. The van der Waals surface area contributed by atoms with Gasteiger partial charge in [0.2, 0.25) is 0 Å². The number of hydrogen-bond acceptors (Lipinski definition) is 2. The van der Waals surface area contributed by atoms with Crippen LogP contribution in [-0.4, -0.2) is 43.8 Å². The van der Waals surface area contributed by atoms with Gasteiger partial charge in [-0.3, -0.25) is 4.90 Å². The number of hydrogen-bond donors (Lipinski definition) is 1. The molecule has 1 fully saturated rings. The van der Waals surface area contributed by atoms with E-state index in [0.717, 1.165) is 19.5 Å². The van der Waals surface area contributed by atoms with Crippen LogP contribution in [0, 0.1) is 5.92 Å². The van der Waals surface area contributed by atoms with Crippen LogP contribution in [-0.2, 0) is 0 Å². The van der Waals surface area contributed by atoms with Crippen molar-refractivity contribution in [2.24, 2.45) is 5.92 Å². The van der Waals surface area contributed by atoms with Crippen LogP contribution < -0.4 is 5.32 Å². The fourth-order valence-corrected chi connectivity index (χ4v) is 2.88. The van der Waals surface area contributed by atoms with E-state index >= 15 is 0 Å². The van der Waals surface area contributed by atoms with E-state index in [1.54, 1.807) is 0 Å². The van der Waals surface area contributed by atoms with Crippen molar-refractivity contribution < 1.29 is 13.2 Å². The predicted octanol–water partition coefficient (Wildman–Crippen LogP) is 3.26. The summed E-state index contributed by atoms with van der Waals surface area (Å²) in [6.45, 7) is 4.15. The van der Waals surface area contributed by atoms with E-state index in [4.69, 9.17) is 0 Å². The number of halogens is 3. The summed E-state index contributed by atoms with van der Waals surface area (Å²) in [5.74, 6) is 0.745. The average molecular weight is 300 g/mol. The molecule has 1 aromatic rings. The van der Waals surface area contributed by atoms with Gasteiger partial charge in [0, 0.05) is 13.1 Å². The number of benzene rings is 1. The molecule has 21 heavy (non-hydrogen) atoms. The average Bonchev–Trinajstić information content (AvgIpc) is 2.85. The lowest BCUT2D eigenvalue weighted by Gasteiger charge is -2.18. The zero-order chi connectivity index (χ0) is 15.3. The minimum Gasteiger partial charge on any atom is -0.316 e. The smallest absolute Gasteiger partial charge is 0.316 e. The molecule has 2 nitrogen and oxygen atoms in total. The molecule has 0 aromatic heterocycles. The van der Waals surface area contributed by atoms with Crippen LogP contribution in [0.25, 0.3) is 0 Å². The Morgan fingerprint density at radius 3 is 2.67 bits per heavy atom.